The van der Waals surface area contributed by atoms with Crippen LogP contribution in [0.4, 0.5) is 0 Å². The van der Waals surface area contributed by atoms with Crippen LogP contribution in [0.1, 0.15) is 12.5 Å². The van der Waals surface area contributed by atoms with Crippen LogP contribution in [0.15, 0.2) is 24.3 Å². The SMILES string of the molecule is CCc1ccc(OP(=O)(O)O)cc1. The first kappa shape index (κ1) is 10.3. The molecule has 0 radical (unpaired) electrons. The minimum absolute atomic E-state index is 0.186. The fourth-order valence-electron chi connectivity index (χ4n) is 0.923. The highest BCUT2D eigenvalue weighted by molar-refractivity contribution is 7.46. The molecule has 1 aromatic rings. The smallest absolute Gasteiger partial charge is 0.404 e. The topological polar surface area (TPSA) is 66.8 Å². The van der Waals surface area contributed by atoms with E-state index in [9.17, 15) is 4.57 Å². The molecule has 5 heteroatoms. The van der Waals surface area contributed by atoms with Crippen molar-refractivity contribution in [2.45, 2.75) is 13.3 Å². The monoisotopic (exact) mass is 202 g/mol. The predicted octanol–water partition coefficient (Wildman–Crippen LogP) is 1.72. The zero-order valence-corrected chi connectivity index (χ0v) is 8.07. The van der Waals surface area contributed by atoms with Gasteiger partial charge in [0.15, 0.2) is 0 Å². The highest BCUT2D eigenvalue weighted by Gasteiger charge is 2.15. The van der Waals surface area contributed by atoms with E-state index in [1.54, 1.807) is 12.1 Å². The summed E-state index contributed by atoms with van der Waals surface area (Å²) in [4.78, 5) is 17.0. The van der Waals surface area contributed by atoms with E-state index < -0.39 is 7.82 Å². The Hall–Kier alpha value is -0.830. The number of aryl methyl sites for hydroxylation is 1. The summed E-state index contributed by atoms with van der Waals surface area (Å²) in [7, 11) is -4.41. The molecule has 0 heterocycles. The van der Waals surface area contributed by atoms with Crippen LogP contribution < -0.4 is 4.52 Å². The van der Waals surface area contributed by atoms with Crippen LogP contribution in [0.2, 0.25) is 0 Å². The van der Waals surface area contributed by atoms with Crippen LogP contribution in [0.25, 0.3) is 0 Å². The number of rotatable bonds is 3. The number of phosphoric ester groups is 1. The van der Waals surface area contributed by atoms with Gasteiger partial charge in [-0.1, -0.05) is 19.1 Å². The molecule has 2 N–H and O–H groups in total. The first-order chi connectivity index (χ1) is 6.01. The third kappa shape index (κ3) is 3.59. The molecule has 0 atom stereocenters. The lowest BCUT2D eigenvalue weighted by Gasteiger charge is -2.06. The van der Waals surface area contributed by atoms with E-state index in [2.05, 4.69) is 4.52 Å². The molecular weight excluding hydrogens is 191 g/mol. The lowest BCUT2D eigenvalue weighted by atomic mass is 10.2. The zero-order chi connectivity index (χ0) is 9.90. The van der Waals surface area contributed by atoms with Crippen molar-refractivity contribution in [2.75, 3.05) is 0 Å². The van der Waals surface area contributed by atoms with E-state index in [0.717, 1.165) is 12.0 Å². The summed E-state index contributed by atoms with van der Waals surface area (Å²) in [5.74, 6) is 0.186. The molecule has 0 spiro atoms. The van der Waals surface area contributed by atoms with Gasteiger partial charge in [0.2, 0.25) is 0 Å². The van der Waals surface area contributed by atoms with Crippen molar-refractivity contribution in [3.05, 3.63) is 29.8 Å². The molecule has 0 saturated carbocycles. The molecule has 4 nitrogen and oxygen atoms in total. The number of hydrogen-bond acceptors (Lipinski definition) is 2. The first-order valence-corrected chi connectivity index (χ1v) is 5.38. The predicted molar refractivity (Wildman–Crippen MR) is 48.5 cm³/mol. The van der Waals surface area contributed by atoms with Gasteiger partial charge in [-0.2, -0.15) is 0 Å². The molecule has 0 aliphatic carbocycles. The Morgan fingerprint density at radius 2 is 1.85 bits per heavy atom. The highest BCUT2D eigenvalue weighted by atomic mass is 31.2. The highest BCUT2D eigenvalue weighted by Crippen LogP contribution is 2.37. The van der Waals surface area contributed by atoms with Crippen molar-refractivity contribution < 1.29 is 18.9 Å². The van der Waals surface area contributed by atoms with Gasteiger partial charge in [0.05, 0.1) is 0 Å². The molecule has 0 amide bonds. The van der Waals surface area contributed by atoms with Gasteiger partial charge in [-0.25, -0.2) is 4.57 Å². The summed E-state index contributed by atoms with van der Waals surface area (Å²) in [6, 6.07) is 6.62. The van der Waals surface area contributed by atoms with Crippen LogP contribution in [-0.4, -0.2) is 9.79 Å². The summed E-state index contributed by atoms with van der Waals surface area (Å²) >= 11 is 0. The second-order valence-electron chi connectivity index (χ2n) is 2.58. The largest absolute Gasteiger partial charge is 0.524 e. The molecule has 0 unspecified atom stereocenters. The summed E-state index contributed by atoms with van der Waals surface area (Å²) in [6.45, 7) is 2.00. The van der Waals surface area contributed by atoms with Crippen LogP contribution in [0.3, 0.4) is 0 Å². The fraction of sp³-hybridized carbons (Fsp3) is 0.250. The minimum atomic E-state index is -4.41. The number of hydrogen-bond donors (Lipinski definition) is 2. The zero-order valence-electron chi connectivity index (χ0n) is 7.17. The van der Waals surface area contributed by atoms with Crippen molar-refractivity contribution in [3.8, 4) is 5.75 Å². The van der Waals surface area contributed by atoms with E-state index in [-0.39, 0.29) is 5.75 Å². The summed E-state index contributed by atoms with van der Waals surface area (Å²) in [6.07, 6.45) is 0.885. The van der Waals surface area contributed by atoms with Gasteiger partial charge in [0.25, 0.3) is 0 Å². The lowest BCUT2D eigenvalue weighted by molar-refractivity contribution is 0.283. The van der Waals surface area contributed by atoms with Crippen molar-refractivity contribution >= 4 is 7.82 Å². The molecule has 72 valence electrons. The molecule has 13 heavy (non-hydrogen) atoms. The van der Waals surface area contributed by atoms with Crippen molar-refractivity contribution in [1.82, 2.24) is 0 Å². The standard InChI is InChI=1S/C8H11O4P/c1-2-7-3-5-8(6-4-7)12-13(9,10)11/h3-6H,2H2,1H3,(H2,9,10,11). The maximum absolute atomic E-state index is 10.4. The Kier molecular flexibility index (Phi) is 3.09. The molecule has 1 aromatic carbocycles. The second-order valence-corrected chi connectivity index (χ2v) is 3.74. The lowest BCUT2D eigenvalue weighted by Crippen LogP contribution is -1.90. The molecular formula is C8H11O4P. The van der Waals surface area contributed by atoms with Gasteiger partial charge < -0.3 is 4.52 Å². The molecule has 0 aliphatic rings. The Morgan fingerprint density at radius 3 is 2.23 bits per heavy atom. The summed E-state index contributed by atoms with van der Waals surface area (Å²) in [5, 5.41) is 0. The van der Waals surface area contributed by atoms with Crippen LogP contribution in [-0.2, 0) is 11.0 Å². The van der Waals surface area contributed by atoms with Gasteiger partial charge in [-0.05, 0) is 24.1 Å². The molecule has 0 aliphatic heterocycles. The second kappa shape index (κ2) is 3.92. The molecule has 0 saturated heterocycles. The first-order valence-electron chi connectivity index (χ1n) is 3.85. The normalized spacial score (nSPS) is 11.3. The maximum Gasteiger partial charge on any atom is 0.524 e. The van der Waals surface area contributed by atoms with E-state index in [1.807, 2.05) is 6.92 Å². The van der Waals surface area contributed by atoms with Crippen LogP contribution in [0, 0.1) is 0 Å². The van der Waals surface area contributed by atoms with Crippen molar-refractivity contribution in [1.29, 1.82) is 0 Å². The minimum Gasteiger partial charge on any atom is -0.404 e. The van der Waals surface area contributed by atoms with E-state index in [0.29, 0.717) is 0 Å². The fourth-order valence-corrected chi connectivity index (χ4v) is 1.32. The Balaban J connectivity index is 2.76. The third-order valence-corrected chi connectivity index (χ3v) is 2.00. The number of benzene rings is 1. The van der Waals surface area contributed by atoms with E-state index >= 15 is 0 Å². The average molecular weight is 202 g/mol. The van der Waals surface area contributed by atoms with Crippen molar-refractivity contribution in [3.63, 3.8) is 0 Å². The van der Waals surface area contributed by atoms with Gasteiger partial charge in [-0.3, -0.25) is 9.79 Å². The van der Waals surface area contributed by atoms with Crippen LogP contribution >= 0.6 is 7.82 Å². The molecule has 0 fully saturated rings. The van der Waals surface area contributed by atoms with E-state index in [1.165, 1.54) is 12.1 Å². The van der Waals surface area contributed by atoms with Gasteiger partial charge in [0.1, 0.15) is 5.75 Å². The Morgan fingerprint density at radius 1 is 1.31 bits per heavy atom. The third-order valence-electron chi connectivity index (χ3n) is 1.56. The van der Waals surface area contributed by atoms with Crippen molar-refractivity contribution in [2.24, 2.45) is 0 Å². The summed E-state index contributed by atoms with van der Waals surface area (Å²) in [5.41, 5.74) is 1.10. The van der Waals surface area contributed by atoms with Gasteiger partial charge >= 0.3 is 7.82 Å². The Labute approximate surface area is 76.4 Å². The quantitative estimate of drug-likeness (QED) is 0.732. The molecule has 1 rings (SSSR count). The van der Waals surface area contributed by atoms with Gasteiger partial charge in [-0.15, -0.1) is 0 Å². The number of phosphoric acid groups is 1. The van der Waals surface area contributed by atoms with Crippen LogP contribution in [0.5, 0.6) is 5.75 Å². The molecule has 0 bridgehead atoms. The Bertz CT molecular complexity index is 313. The molecule has 0 aromatic heterocycles. The maximum atomic E-state index is 10.4. The van der Waals surface area contributed by atoms with Gasteiger partial charge in [0, 0.05) is 0 Å². The van der Waals surface area contributed by atoms with E-state index in [4.69, 9.17) is 9.79 Å². The average Bonchev–Trinajstić information content (AvgIpc) is 2.03. The summed E-state index contributed by atoms with van der Waals surface area (Å²) < 4.78 is 14.8.